The summed E-state index contributed by atoms with van der Waals surface area (Å²) < 4.78 is 44.1. The number of rotatable bonds is 5. The summed E-state index contributed by atoms with van der Waals surface area (Å²) in [6, 6.07) is 5.60. The van der Waals surface area contributed by atoms with Gasteiger partial charge in [-0.15, -0.1) is 0 Å². The second-order valence-corrected chi connectivity index (χ2v) is 12.0. The van der Waals surface area contributed by atoms with Gasteiger partial charge in [0.1, 0.15) is 23.1 Å². The van der Waals surface area contributed by atoms with E-state index in [4.69, 9.17) is 0 Å². The van der Waals surface area contributed by atoms with E-state index in [2.05, 4.69) is 15.2 Å². The fourth-order valence-corrected chi connectivity index (χ4v) is 6.11. The van der Waals surface area contributed by atoms with Gasteiger partial charge < -0.3 is 15.1 Å². The van der Waals surface area contributed by atoms with Gasteiger partial charge in [0.2, 0.25) is 0 Å². The zero-order chi connectivity index (χ0) is 29.5. The fourth-order valence-electron chi connectivity index (χ4n) is 6.11. The Hall–Kier alpha value is -3.44. The van der Waals surface area contributed by atoms with Crippen molar-refractivity contribution >= 4 is 11.7 Å². The average molecular weight is 571 g/mol. The molecule has 2 aliphatic rings. The zero-order valence-electron chi connectivity index (χ0n) is 23.9. The van der Waals surface area contributed by atoms with E-state index in [0.717, 1.165) is 18.3 Å². The average Bonchev–Trinajstić information content (AvgIpc) is 2.92. The first-order chi connectivity index (χ1) is 19.4. The maximum atomic E-state index is 15.0. The number of likely N-dealkylation sites (tertiary alicyclic amines) is 1. The van der Waals surface area contributed by atoms with Gasteiger partial charge in [0.25, 0.3) is 5.56 Å². The van der Waals surface area contributed by atoms with Gasteiger partial charge in [0, 0.05) is 68.3 Å². The van der Waals surface area contributed by atoms with E-state index in [1.165, 1.54) is 28.8 Å². The summed E-state index contributed by atoms with van der Waals surface area (Å²) in [7, 11) is 0. The molecule has 2 fully saturated rings. The highest BCUT2D eigenvalue weighted by atomic mass is 19.1. The summed E-state index contributed by atoms with van der Waals surface area (Å²) in [5.74, 6) is -1.59. The summed E-state index contributed by atoms with van der Waals surface area (Å²) in [5, 5.41) is 3.49. The van der Waals surface area contributed by atoms with E-state index < -0.39 is 29.0 Å². The minimum absolute atomic E-state index is 0.0724. The fraction of sp³-hybridized carbons (Fsp3) is 0.500. The summed E-state index contributed by atoms with van der Waals surface area (Å²) in [4.78, 5) is 36.9. The van der Waals surface area contributed by atoms with Crippen LogP contribution in [-0.4, -0.2) is 73.9 Å². The Balaban J connectivity index is 1.34. The number of fused-ring (bicyclic) bond motifs is 1. The van der Waals surface area contributed by atoms with Gasteiger partial charge in [0.15, 0.2) is 0 Å². The van der Waals surface area contributed by atoms with Gasteiger partial charge in [-0.05, 0) is 57.0 Å². The van der Waals surface area contributed by atoms with Gasteiger partial charge in [-0.1, -0.05) is 13.8 Å². The molecule has 0 aliphatic carbocycles. The Labute approximate surface area is 237 Å². The van der Waals surface area contributed by atoms with E-state index >= 15 is 0 Å². The minimum atomic E-state index is -0.603. The molecule has 11 heteroatoms. The highest BCUT2D eigenvalue weighted by Crippen LogP contribution is 2.35. The number of urea groups is 1. The molecule has 3 aromatic rings. The first-order valence-electron chi connectivity index (χ1n) is 14.1. The van der Waals surface area contributed by atoms with Crippen molar-refractivity contribution in [3.05, 3.63) is 81.7 Å². The molecule has 0 bridgehead atoms. The predicted molar refractivity (Wildman–Crippen MR) is 150 cm³/mol. The maximum absolute atomic E-state index is 15.0. The Morgan fingerprint density at radius 3 is 2.59 bits per heavy atom. The molecule has 8 nitrogen and oxygen atoms in total. The van der Waals surface area contributed by atoms with Crippen molar-refractivity contribution in [3.63, 3.8) is 0 Å². The van der Waals surface area contributed by atoms with Gasteiger partial charge in [-0.25, -0.2) is 22.9 Å². The van der Waals surface area contributed by atoms with Crippen LogP contribution < -0.4 is 10.9 Å². The van der Waals surface area contributed by atoms with Crippen molar-refractivity contribution in [2.75, 3.05) is 26.2 Å². The van der Waals surface area contributed by atoms with Gasteiger partial charge in [0.05, 0.1) is 11.6 Å². The van der Waals surface area contributed by atoms with E-state index in [0.29, 0.717) is 56.8 Å². The lowest BCUT2D eigenvalue weighted by Crippen LogP contribution is -2.63. The third-order valence-corrected chi connectivity index (χ3v) is 8.18. The van der Waals surface area contributed by atoms with E-state index in [-0.39, 0.29) is 29.2 Å². The Morgan fingerprint density at radius 1 is 1.10 bits per heavy atom. The van der Waals surface area contributed by atoms with Gasteiger partial charge >= 0.3 is 6.03 Å². The minimum Gasteiger partial charge on any atom is -0.322 e. The highest BCUT2D eigenvalue weighted by Gasteiger charge is 2.41. The Bertz CT molecular complexity index is 1490. The van der Waals surface area contributed by atoms with Crippen molar-refractivity contribution in [1.29, 1.82) is 0 Å². The number of carbonyl (C=O) groups excluding carboxylic acids is 1. The van der Waals surface area contributed by atoms with Crippen molar-refractivity contribution in [3.8, 4) is 0 Å². The third kappa shape index (κ3) is 6.11. The normalized spacial score (nSPS) is 21.6. The van der Waals surface area contributed by atoms with Crippen LogP contribution in [-0.2, 0) is 6.54 Å². The molecule has 4 heterocycles. The number of piperidine rings is 1. The molecule has 0 saturated carbocycles. The molecule has 41 heavy (non-hydrogen) atoms. The Kier molecular flexibility index (Phi) is 8.11. The number of pyridine rings is 1. The number of halogens is 3. The molecular formula is C30H37F3N6O2. The van der Waals surface area contributed by atoms with E-state index in [1.807, 2.05) is 27.7 Å². The lowest BCUT2D eigenvalue weighted by molar-refractivity contribution is 0.0139. The smallest absolute Gasteiger partial charge is 0.320 e. The van der Waals surface area contributed by atoms with Crippen LogP contribution >= 0.6 is 0 Å². The highest BCUT2D eigenvalue weighted by molar-refractivity contribution is 5.75. The van der Waals surface area contributed by atoms with Crippen molar-refractivity contribution in [2.45, 2.75) is 70.7 Å². The number of carbonyl (C=O) groups is 1. The molecule has 2 aliphatic heterocycles. The standard InChI is InChI=1S/C30H37F3N6O2/c1-19(2)35-23-9-10-38(26(14-23)24-13-21(31)5-7-25(24)33)29(41)36-11-12-37(30(3,4)18-36)16-20-15-34-27-8-6-22(32)17-39(27)28(20)40/h5-8,13,15,17,19,23,26,35H,9-12,14,16,18H2,1-4H3/t23-,26+/m1/s1. The number of nitrogens with one attached hydrogen (secondary N) is 1. The number of aromatic nitrogens is 2. The summed E-state index contributed by atoms with van der Waals surface area (Å²) in [5.41, 5.74) is 0.154. The third-order valence-electron chi connectivity index (χ3n) is 8.18. The largest absolute Gasteiger partial charge is 0.322 e. The summed E-state index contributed by atoms with van der Waals surface area (Å²) in [6.45, 7) is 10.1. The number of piperazine rings is 1. The van der Waals surface area contributed by atoms with Crippen LogP contribution in [0, 0.1) is 17.5 Å². The maximum Gasteiger partial charge on any atom is 0.320 e. The summed E-state index contributed by atoms with van der Waals surface area (Å²) in [6.07, 6.45) is 3.84. The predicted octanol–water partition coefficient (Wildman–Crippen LogP) is 4.33. The van der Waals surface area contributed by atoms with E-state index in [1.54, 1.807) is 9.80 Å². The molecule has 1 aromatic carbocycles. The molecule has 2 aromatic heterocycles. The zero-order valence-corrected chi connectivity index (χ0v) is 23.9. The van der Waals surface area contributed by atoms with Crippen LogP contribution in [0.3, 0.4) is 0 Å². The number of benzene rings is 1. The summed E-state index contributed by atoms with van der Waals surface area (Å²) >= 11 is 0. The molecule has 0 unspecified atom stereocenters. The Morgan fingerprint density at radius 2 is 1.85 bits per heavy atom. The van der Waals surface area contributed by atoms with Crippen molar-refractivity contribution in [1.82, 2.24) is 29.4 Å². The van der Waals surface area contributed by atoms with Gasteiger partial charge in [-0.3, -0.25) is 14.1 Å². The molecule has 0 spiro atoms. The SMILES string of the molecule is CC(C)N[C@@H]1CCN(C(=O)N2CCN(Cc3cnc4ccc(F)cn4c3=O)C(C)(C)C2)[C@H](c2cc(F)ccc2F)C1. The number of nitrogens with zero attached hydrogens (tertiary/aromatic N) is 5. The number of hydrogen-bond donors (Lipinski definition) is 1. The molecule has 2 saturated heterocycles. The van der Waals surface area contributed by atoms with Crippen molar-refractivity contribution in [2.24, 2.45) is 0 Å². The van der Waals surface area contributed by atoms with Crippen LogP contribution in [0.1, 0.15) is 57.7 Å². The topological polar surface area (TPSA) is 73.2 Å². The van der Waals surface area contributed by atoms with Gasteiger partial charge in [-0.2, -0.15) is 0 Å². The number of hydrogen-bond acceptors (Lipinski definition) is 5. The van der Waals surface area contributed by atoms with Crippen molar-refractivity contribution < 1.29 is 18.0 Å². The van der Waals surface area contributed by atoms with Crippen LogP contribution in [0.5, 0.6) is 0 Å². The lowest BCUT2D eigenvalue weighted by Gasteiger charge is -2.49. The molecule has 2 atom stereocenters. The molecule has 5 rings (SSSR count). The molecule has 2 amide bonds. The molecule has 0 radical (unpaired) electrons. The quantitative estimate of drug-likeness (QED) is 0.495. The first kappa shape index (κ1) is 29.1. The second-order valence-electron chi connectivity index (χ2n) is 12.0. The number of amides is 2. The molecule has 220 valence electrons. The van der Waals surface area contributed by atoms with Crippen LogP contribution in [0.2, 0.25) is 0 Å². The first-order valence-corrected chi connectivity index (χ1v) is 14.1. The van der Waals surface area contributed by atoms with Crippen LogP contribution in [0.4, 0.5) is 18.0 Å². The molecular weight excluding hydrogens is 533 g/mol. The van der Waals surface area contributed by atoms with E-state index in [9.17, 15) is 22.8 Å². The monoisotopic (exact) mass is 570 g/mol. The second kappa shape index (κ2) is 11.4. The molecule has 1 N–H and O–H groups in total. The van der Waals surface area contributed by atoms with Crippen LogP contribution in [0.25, 0.3) is 5.65 Å². The lowest BCUT2D eigenvalue weighted by atomic mass is 9.90. The van der Waals surface area contributed by atoms with Crippen LogP contribution in [0.15, 0.2) is 47.5 Å².